The van der Waals surface area contributed by atoms with Gasteiger partial charge in [0, 0.05) is 19.5 Å². The molecule has 2 rings (SSSR count). The van der Waals surface area contributed by atoms with Crippen LogP contribution in [0.1, 0.15) is 25.0 Å². The van der Waals surface area contributed by atoms with Crippen LogP contribution in [0.3, 0.4) is 0 Å². The van der Waals surface area contributed by atoms with Crippen molar-refractivity contribution in [2.24, 2.45) is 0 Å². The summed E-state index contributed by atoms with van der Waals surface area (Å²) in [4.78, 5) is 16.3. The van der Waals surface area contributed by atoms with E-state index in [1.165, 1.54) is 7.11 Å². The maximum absolute atomic E-state index is 12.3. The standard InChI is InChI=1S/C16H20N2O3/c1-3-14(11-18-10-9-17-12-18)21-16(19)15(20-2)13-7-5-4-6-8-13/h4-10,12,14-15H,3,11H2,1-2H3/t14-,15-/m0/s1. The highest BCUT2D eigenvalue weighted by Gasteiger charge is 2.24. The zero-order chi connectivity index (χ0) is 15.1. The summed E-state index contributed by atoms with van der Waals surface area (Å²) >= 11 is 0. The molecule has 0 unspecified atom stereocenters. The van der Waals surface area contributed by atoms with Gasteiger partial charge in [-0.15, -0.1) is 0 Å². The maximum atomic E-state index is 12.3. The second-order valence-corrected chi connectivity index (χ2v) is 4.75. The van der Waals surface area contributed by atoms with Gasteiger partial charge in [0.2, 0.25) is 0 Å². The Morgan fingerprint density at radius 1 is 1.33 bits per heavy atom. The van der Waals surface area contributed by atoms with E-state index in [0.29, 0.717) is 6.54 Å². The van der Waals surface area contributed by atoms with Crippen molar-refractivity contribution in [1.29, 1.82) is 0 Å². The van der Waals surface area contributed by atoms with Crippen molar-refractivity contribution in [3.8, 4) is 0 Å². The number of hydrogen-bond donors (Lipinski definition) is 0. The average molecular weight is 288 g/mol. The Kier molecular flexibility index (Phi) is 5.51. The SMILES string of the molecule is CC[C@@H](Cn1ccnc1)OC(=O)[C@@H](OC)c1ccccc1. The van der Waals surface area contributed by atoms with Crippen molar-refractivity contribution in [3.63, 3.8) is 0 Å². The second-order valence-electron chi connectivity index (χ2n) is 4.75. The fraction of sp³-hybridized carbons (Fsp3) is 0.375. The van der Waals surface area contributed by atoms with E-state index in [-0.39, 0.29) is 12.1 Å². The molecule has 0 aliphatic carbocycles. The third-order valence-electron chi connectivity index (χ3n) is 3.26. The Morgan fingerprint density at radius 3 is 2.67 bits per heavy atom. The Balaban J connectivity index is 2.00. The molecule has 2 atom stereocenters. The maximum Gasteiger partial charge on any atom is 0.340 e. The van der Waals surface area contributed by atoms with Crippen LogP contribution in [0.15, 0.2) is 49.1 Å². The van der Waals surface area contributed by atoms with Gasteiger partial charge in [-0.1, -0.05) is 37.3 Å². The van der Waals surface area contributed by atoms with Crippen LogP contribution in [0.4, 0.5) is 0 Å². The molecule has 1 aromatic heterocycles. The summed E-state index contributed by atoms with van der Waals surface area (Å²) in [5, 5.41) is 0. The molecule has 0 fully saturated rings. The predicted molar refractivity (Wildman–Crippen MR) is 78.6 cm³/mol. The topological polar surface area (TPSA) is 53.4 Å². The van der Waals surface area contributed by atoms with Crippen molar-refractivity contribution in [3.05, 3.63) is 54.6 Å². The Bertz CT molecular complexity index is 540. The second kappa shape index (κ2) is 7.59. The number of esters is 1. The summed E-state index contributed by atoms with van der Waals surface area (Å²) in [5.41, 5.74) is 0.794. The highest BCUT2D eigenvalue weighted by Crippen LogP contribution is 2.19. The van der Waals surface area contributed by atoms with E-state index >= 15 is 0 Å². The largest absolute Gasteiger partial charge is 0.458 e. The molecule has 0 bridgehead atoms. The van der Waals surface area contributed by atoms with Crippen LogP contribution < -0.4 is 0 Å². The number of imidazole rings is 1. The molecule has 0 amide bonds. The summed E-state index contributed by atoms with van der Waals surface area (Å²) in [7, 11) is 1.51. The first-order chi connectivity index (χ1) is 10.2. The molecule has 0 saturated carbocycles. The molecule has 0 spiro atoms. The molecule has 112 valence electrons. The third kappa shape index (κ3) is 4.16. The number of carbonyl (C=O) groups excluding carboxylic acids is 1. The van der Waals surface area contributed by atoms with Crippen LogP contribution in [-0.2, 0) is 20.8 Å². The summed E-state index contributed by atoms with van der Waals surface area (Å²) < 4.78 is 12.7. The normalized spacial score (nSPS) is 13.6. The zero-order valence-electron chi connectivity index (χ0n) is 12.3. The Hall–Kier alpha value is -2.14. The highest BCUT2D eigenvalue weighted by molar-refractivity contribution is 5.76. The van der Waals surface area contributed by atoms with E-state index in [0.717, 1.165) is 12.0 Å². The molecule has 1 aromatic carbocycles. The fourth-order valence-corrected chi connectivity index (χ4v) is 2.10. The van der Waals surface area contributed by atoms with Crippen LogP contribution >= 0.6 is 0 Å². The van der Waals surface area contributed by atoms with E-state index in [1.807, 2.05) is 48.0 Å². The number of rotatable bonds is 7. The quantitative estimate of drug-likeness (QED) is 0.735. The van der Waals surface area contributed by atoms with E-state index in [4.69, 9.17) is 9.47 Å². The molecule has 0 saturated heterocycles. The van der Waals surface area contributed by atoms with Crippen LogP contribution in [0.2, 0.25) is 0 Å². The highest BCUT2D eigenvalue weighted by atomic mass is 16.6. The van der Waals surface area contributed by atoms with Gasteiger partial charge in [-0.25, -0.2) is 9.78 Å². The molecule has 5 nitrogen and oxygen atoms in total. The molecule has 1 heterocycles. The van der Waals surface area contributed by atoms with Crippen molar-refractivity contribution >= 4 is 5.97 Å². The first kappa shape index (κ1) is 15.3. The van der Waals surface area contributed by atoms with Gasteiger partial charge in [-0.3, -0.25) is 0 Å². The van der Waals surface area contributed by atoms with Crippen molar-refractivity contribution in [2.75, 3.05) is 7.11 Å². The van der Waals surface area contributed by atoms with Crippen LogP contribution in [0.5, 0.6) is 0 Å². The van der Waals surface area contributed by atoms with Gasteiger partial charge < -0.3 is 14.0 Å². The number of benzene rings is 1. The molecule has 0 aliphatic heterocycles. The lowest BCUT2D eigenvalue weighted by atomic mass is 10.1. The lowest BCUT2D eigenvalue weighted by Crippen LogP contribution is -2.27. The van der Waals surface area contributed by atoms with Crippen molar-refractivity contribution in [1.82, 2.24) is 9.55 Å². The fourth-order valence-electron chi connectivity index (χ4n) is 2.10. The van der Waals surface area contributed by atoms with Gasteiger partial charge in [-0.2, -0.15) is 0 Å². The smallest absolute Gasteiger partial charge is 0.340 e. The molecule has 0 N–H and O–H groups in total. The molecular weight excluding hydrogens is 268 g/mol. The summed E-state index contributed by atoms with van der Waals surface area (Å²) in [5.74, 6) is -0.365. The molecule has 21 heavy (non-hydrogen) atoms. The van der Waals surface area contributed by atoms with E-state index < -0.39 is 6.10 Å². The van der Waals surface area contributed by atoms with Crippen molar-refractivity contribution in [2.45, 2.75) is 32.1 Å². The third-order valence-corrected chi connectivity index (χ3v) is 3.26. The first-order valence-corrected chi connectivity index (χ1v) is 6.98. The van der Waals surface area contributed by atoms with Crippen LogP contribution in [-0.4, -0.2) is 28.7 Å². The predicted octanol–water partition coefficient (Wildman–Crippen LogP) is 2.59. The van der Waals surface area contributed by atoms with E-state index in [2.05, 4.69) is 4.98 Å². The van der Waals surface area contributed by atoms with Gasteiger partial charge in [0.1, 0.15) is 6.10 Å². The summed E-state index contributed by atoms with van der Waals surface area (Å²) in [6.07, 6.45) is 5.10. The number of hydrogen-bond acceptors (Lipinski definition) is 4. The van der Waals surface area contributed by atoms with Gasteiger partial charge in [-0.05, 0) is 12.0 Å². The number of carbonyl (C=O) groups is 1. The molecule has 5 heteroatoms. The number of ether oxygens (including phenoxy) is 2. The Morgan fingerprint density at radius 2 is 2.10 bits per heavy atom. The summed E-state index contributed by atoms with van der Waals surface area (Å²) in [6.45, 7) is 2.58. The molecule has 2 aromatic rings. The number of nitrogens with zero attached hydrogens (tertiary/aromatic N) is 2. The van der Waals surface area contributed by atoms with Crippen molar-refractivity contribution < 1.29 is 14.3 Å². The van der Waals surface area contributed by atoms with Crippen LogP contribution in [0.25, 0.3) is 0 Å². The minimum Gasteiger partial charge on any atom is -0.458 e. The molecule has 0 aliphatic rings. The molecular formula is C16H20N2O3. The molecule has 0 radical (unpaired) electrons. The summed E-state index contributed by atoms with van der Waals surface area (Å²) in [6, 6.07) is 9.35. The minimum atomic E-state index is -0.692. The van der Waals surface area contributed by atoms with E-state index in [9.17, 15) is 4.79 Å². The first-order valence-electron chi connectivity index (χ1n) is 6.98. The lowest BCUT2D eigenvalue weighted by Gasteiger charge is -2.20. The van der Waals surface area contributed by atoms with Gasteiger partial charge >= 0.3 is 5.97 Å². The number of aromatic nitrogens is 2. The number of methoxy groups -OCH3 is 1. The monoisotopic (exact) mass is 288 g/mol. The Labute approximate surface area is 124 Å². The minimum absolute atomic E-state index is 0.201. The van der Waals surface area contributed by atoms with Gasteiger partial charge in [0.25, 0.3) is 0 Å². The van der Waals surface area contributed by atoms with E-state index in [1.54, 1.807) is 12.5 Å². The van der Waals surface area contributed by atoms with Gasteiger partial charge in [0.05, 0.1) is 12.9 Å². The van der Waals surface area contributed by atoms with Gasteiger partial charge in [0.15, 0.2) is 6.10 Å². The average Bonchev–Trinajstić information content (AvgIpc) is 3.01. The van der Waals surface area contributed by atoms with Crippen LogP contribution in [0, 0.1) is 0 Å². The lowest BCUT2D eigenvalue weighted by molar-refractivity contribution is -0.162. The zero-order valence-corrected chi connectivity index (χ0v) is 12.3.